The van der Waals surface area contributed by atoms with E-state index in [0.29, 0.717) is 36.9 Å². The van der Waals surface area contributed by atoms with Crippen molar-refractivity contribution in [2.45, 2.75) is 129 Å². The quantitative estimate of drug-likeness (QED) is 0.324. The first-order valence-electron chi connectivity index (χ1n) is 14.8. The van der Waals surface area contributed by atoms with Crippen molar-refractivity contribution >= 4 is 5.78 Å². The summed E-state index contributed by atoms with van der Waals surface area (Å²) in [7, 11) is 0. The number of ketones is 1. The number of allylic oxidation sites excluding steroid dienone is 3. The van der Waals surface area contributed by atoms with Gasteiger partial charge in [0.25, 0.3) is 0 Å². The monoisotopic (exact) mass is 498 g/mol. The van der Waals surface area contributed by atoms with Gasteiger partial charge in [0.15, 0.2) is 0 Å². The lowest BCUT2D eigenvalue weighted by molar-refractivity contribution is -0.124. The Morgan fingerprint density at radius 2 is 1.94 bits per heavy atom. The third kappa shape index (κ3) is 5.61. The summed E-state index contributed by atoms with van der Waals surface area (Å²) in [6.07, 6.45) is 16.0. The summed E-state index contributed by atoms with van der Waals surface area (Å²) in [5, 5.41) is 31.6. The van der Waals surface area contributed by atoms with Crippen LogP contribution in [0, 0.1) is 28.6 Å². The van der Waals surface area contributed by atoms with Crippen LogP contribution in [0.4, 0.5) is 0 Å². The van der Waals surface area contributed by atoms with Gasteiger partial charge in [-0.15, -0.1) is 0 Å². The highest BCUT2D eigenvalue weighted by Crippen LogP contribution is 2.60. The highest BCUT2D eigenvalue weighted by molar-refractivity contribution is 5.87. The summed E-state index contributed by atoms with van der Waals surface area (Å²) in [6.45, 7) is 10.9. The lowest BCUT2D eigenvalue weighted by atomic mass is 9.60. The second kappa shape index (κ2) is 11.3. The van der Waals surface area contributed by atoms with Gasteiger partial charge in [0, 0.05) is 18.3 Å². The summed E-state index contributed by atoms with van der Waals surface area (Å²) in [5.74, 6) is 1.70. The number of Topliss-reactive ketones (excluding diaryl/α,β-unsaturated/α-hetero) is 1. The van der Waals surface area contributed by atoms with Gasteiger partial charge in [-0.1, -0.05) is 51.5 Å². The molecule has 0 aromatic carbocycles. The Bertz CT molecular complexity index is 881. The van der Waals surface area contributed by atoms with Crippen LogP contribution in [0.25, 0.3) is 0 Å². The Labute approximate surface area is 219 Å². The molecule has 4 nitrogen and oxygen atoms in total. The molecule has 0 bridgehead atoms. The third-order valence-electron chi connectivity index (χ3n) is 10.7. The number of aliphatic hydroxyl groups excluding tert-OH is 3. The fraction of sp³-hybridized carbons (Fsp3) is 0.781. The Morgan fingerprint density at radius 3 is 2.64 bits per heavy atom. The minimum absolute atomic E-state index is 0.115. The zero-order valence-corrected chi connectivity index (χ0v) is 23.0. The van der Waals surface area contributed by atoms with Crippen LogP contribution in [0.2, 0.25) is 0 Å². The number of unbranched alkanes of at least 4 members (excludes halogenated alkanes) is 1. The molecule has 4 fully saturated rings. The number of hydrogen-bond acceptors (Lipinski definition) is 4. The van der Waals surface area contributed by atoms with Crippen LogP contribution in [-0.4, -0.2) is 39.4 Å². The summed E-state index contributed by atoms with van der Waals surface area (Å²) >= 11 is 0. The molecule has 0 amide bonds. The van der Waals surface area contributed by atoms with Gasteiger partial charge in [-0.2, -0.15) is 0 Å². The highest BCUT2D eigenvalue weighted by Gasteiger charge is 2.52. The summed E-state index contributed by atoms with van der Waals surface area (Å²) in [5.41, 5.74) is 3.29. The fourth-order valence-corrected chi connectivity index (χ4v) is 7.99. The minimum Gasteiger partial charge on any atom is -0.393 e. The van der Waals surface area contributed by atoms with E-state index in [4.69, 9.17) is 0 Å². The van der Waals surface area contributed by atoms with E-state index in [9.17, 15) is 20.1 Å². The molecule has 0 aromatic rings. The Morgan fingerprint density at radius 1 is 1.19 bits per heavy atom. The molecule has 4 saturated carbocycles. The lowest BCUT2D eigenvalue weighted by Crippen LogP contribution is -2.39. The van der Waals surface area contributed by atoms with E-state index in [2.05, 4.69) is 39.5 Å². The van der Waals surface area contributed by atoms with E-state index >= 15 is 0 Å². The predicted molar refractivity (Wildman–Crippen MR) is 145 cm³/mol. The van der Waals surface area contributed by atoms with Crippen molar-refractivity contribution in [1.82, 2.24) is 0 Å². The summed E-state index contributed by atoms with van der Waals surface area (Å²) < 4.78 is 0. The van der Waals surface area contributed by atoms with E-state index in [1.807, 2.05) is 0 Å². The first kappa shape index (κ1) is 27.8. The maximum absolute atomic E-state index is 12.7. The van der Waals surface area contributed by atoms with Gasteiger partial charge in [0.2, 0.25) is 0 Å². The van der Waals surface area contributed by atoms with Gasteiger partial charge in [-0.25, -0.2) is 0 Å². The highest BCUT2D eigenvalue weighted by atomic mass is 16.3. The second-order valence-corrected chi connectivity index (χ2v) is 12.9. The Hall–Kier alpha value is -1.23. The van der Waals surface area contributed by atoms with Crippen molar-refractivity contribution in [2.24, 2.45) is 28.6 Å². The van der Waals surface area contributed by atoms with Crippen molar-refractivity contribution in [2.75, 3.05) is 0 Å². The predicted octanol–water partition coefficient (Wildman–Crippen LogP) is 6.44. The first-order valence-corrected chi connectivity index (χ1v) is 14.8. The molecular formula is C32H50O4. The number of carbonyl (C=O) groups is 1. The number of fused-ring (bicyclic) bond motifs is 1. The molecule has 0 spiro atoms. The van der Waals surface area contributed by atoms with Gasteiger partial charge < -0.3 is 15.3 Å². The molecule has 0 aliphatic heterocycles. The van der Waals surface area contributed by atoms with E-state index in [1.54, 1.807) is 0 Å². The van der Waals surface area contributed by atoms with Crippen LogP contribution in [-0.2, 0) is 4.79 Å². The Kier molecular flexibility index (Phi) is 8.69. The van der Waals surface area contributed by atoms with Crippen LogP contribution < -0.4 is 0 Å². The van der Waals surface area contributed by atoms with Gasteiger partial charge in [0.1, 0.15) is 5.78 Å². The molecule has 0 heterocycles. The van der Waals surface area contributed by atoms with Crippen molar-refractivity contribution in [3.05, 3.63) is 35.5 Å². The van der Waals surface area contributed by atoms with E-state index in [1.165, 1.54) is 24.8 Å². The molecule has 4 rings (SSSR count). The molecule has 202 valence electrons. The van der Waals surface area contributed by atoms with Gasteiger partial charge in [-0.3, -0.25) is 4.79 Å². The third-order valence-corrected chi connectivity index (χ3v) is 10.7. The summed E-state index contributed by atoms with van der Waals surface area (Å²) in [4.78, 5) is 12.7. The molecule has 3 N–H and O–H groups in total. The Balaban J connectivity index is 1.40. The average Bonchev–Trinajstić information content (AvgIpc) is 3.56. The average molecular weight is 499 g/mol. The first-order chi connectivity index (χ1) is 17.1. The number of aliphatic hydroxyl groups is 3. The van der Waals surface area contributed by atoms with Crippen molar-refractivity contribution < 1.29 is 20.1 Å². The standard InChI is InChI=1S/C32H50O4/c1-5-6-9-30(36)32(17-18-32)16-14-28(34)22(3)26-12-13-27-23(8-7-15-31(26,27)4)10-11-24-19-25(33)20-29(35)21(24)2/h10-11,22,25-29,33-35H,2,5-9,12-20H2,1,3-4H3/b23-10+,24-11-/t22-,25+,26+,27-,28+,29-,31+/m0/s1. The minimum atomic E-state index is -0.648. The molecule has 0 aromatic heterocycles. The van der Waals surface area contributed by atoms with E-state index in [-0.39, 0.29) is 22.9 Å². The molecule has 36 heavy (non-hydrogen) atoms. The van der Waals surface area contributed by atoms with E-state index < -0.39 is 12.2 Å². The molecule has 7 atom stereocenters. The number of hydrogen-bond donors (Lipinski definition) is 3. The van der Waals surface area contributed by atoms with Gasteiger partial charge >= 0.3 is 0 Å². The zero-order valence-electron chi connectivity index (χ0n) is 23.0. The molecule has 0 unspecified atom stereocenters. The summed E-state index contributed by atoms with van der Waals surface area (Å²) in [6, 6.07) is 0. The van der Waals surface area contributed by atoms with Crippen LogP contribution in [0.5, 0.6) is 0 Å². The van der Waals surface area contributed by atoms with Crippen LogP contribution in [0.3, 0.4) is 0 Å². The van der Waals surface area contributed by atoms with E-state index in [0.717, 1.165) is 62.5 Å². The molecular weight excluding hydrogens is 448 g/mol. The van der Waals surface area contributed by atoms with Crippen molar-refractivity contribution in [1.29, 1.82) is 0 Å². The topological polar surface area (TPSA) is 77.8 Å². The number of carbonyl (C=O) groups excluding carboxylic acids is 1. The molecule has 4 heteroatoms. The van der Waals surface area contributed by atoms with Gasteiger partial charge in [-0.05, 0) is 105 Å². The fourth-order valence-electron chi connectivity index (χ4n) is 7.99. The number of rotatable bonds is 10. The maximum Gasteiger partial charge on any atom is 0.139 e. The van der Waals surface area contributed by atoms with Crippen molar-refractivity contribution in [3.8, 4) is 0 Å². The molecule has 4 aliphatic carbocycles. The second-order valence-electron chi connectivity index (χ2n) is 12.9. The van der Waals surface area contributed by atoms with Crippen LogP contribution in [0.1, 0.15) is 111 Å². The maximum atomic E-state index is 12.7. The molecule has 0 saturated heterocycles. The SMILES string of the molecule is C=C1/C(=C\C=C2/CCC[C@]3(C)[C@@H]([C@H](C)[C@H](O)CCC4(C(=O)CCCC)CC4)CC[C@@H]23)C[C@@H](O)C[C@@H]1O. The van der Waals surface area contributed by atoms with Gasteiger partial charge in [0.05, 0.1) is 18.3 Å². The zero-order chi connectivity index (χ0) is 26.1. The van der Waals surface area contributed by atoms with Crippen LogP contribution in [0.15, 0.2) is 35.5 Å². The molecule has 4 aliphatic rings. The largest absolute Gasteiger partial charge is 0.393 e. The lowest BCUT2D eigenvalue weighted by Gasteiger charge is -2.45. The molecule has 0 radical (unpaired) electrons. The van der Waals surface area contributed by atoms with Crippen LogP contribution >= 0.6 is 0 Å². The normalized spacial score (nSPS) is 37.7. The van der Waals surface area contributed by atoms with Crippen molar-refractivity contribution in [3.63, 3.8) is 0 Å². The smallest absolute Gasteiger partial charge is 0.139 e.